The number of benzene rings is 2. The fourth-order valence-electron chi connectivity index (χ4n) is 3.48. The van der Waals surface area contributed by atoms with Gasteiger partial charge in [0.05, 0.1) is 12.6 Å². The third-order valence-electron chi connectivity index (χ3n) is 5.18. The SMILES string of the molecule is CN(C)C(=NCc1ccccc1)NCc1ccccc1CN1CCC(O)CC1. The average Bonchev–Trinajstić information content (AvgIpc) is 2.71. The van der Waals surface area contributed by atoms with Crippen molar-refractivity contribution >= 4 is 5.96 Å². The molecule has 1 aliphatic heterocycles. The van der Waals surface area contributed by atoms with Crippen LogP contribution in [0.2, 0.25) is 0 Å². The number of aliphatic hydroxyl groups excluding tert-OH is 1. The van der Waals surface area contributed by atoms with Gasteiger partial charge in [-0.1, -0.05) is 54.6 Å². The van der Waals surface area contributed by atoms with E-state index in [9.17, 15) is 5.11 Å². The van der Waals surface area contributed by atoms with Gasteiger partial charge in [-0.15, -0.1) is 0 Å². The average molecular weight is 381 g/mol. The van der Waals surface area contributed by atoms with E-state index in [1.807, 2.05) is 37.2 Å². The molecule has 3 rings (SSSR count). The van der Waals surface area contributed by atoms with Gasteiger partial charge in [0, 0.05) is 40.3 Å². The molecule has 1 aliphatic rings. The molecule has 2 aromatic carbocycles. The number of guanidine groups is 1. The van der Waals surface area contributed by atoms with E-state index in [4.69, 9.17) is 4.99 Å². The third-order valence-corrected chi connectivity index (χ3v) is 5.18. The number of hydrogen-bond acceptors (Lipinski definition) is 3. The van der Waals surface area contributed by atoms with Crippen LogP contribution in [0.3, 0.4) is 0 Å². The lowest BCUT2D eigenvalue weighted by Gasteiger charge is -2.30. The summed E-state index contributed by atoms with van der Waals surface area (Å²) in [7, 11) is 4.03. The van der Waals surface area contributed by atoms with Crippen molar-refractivity contribution in [3.8, 4) is 0 Å². The van der Waals surface area contributed by atoms with E-state index in [1.165, 1.54) is 16.7 Å². The Morgan fingerprint density at radius 2 is 1.68 bits per heavy atom. The molecule has 0 amide bonds. The maximum atomic E-state index is 9.72. The summed E-state index contributed by atoms with van der Waals surface area (Å²) >= 11 is 0. The second-order valence-electron chi connectivity index (χ2n) is 7.65. The fraction of sp³-hybridized carbons (Fsp3) is 0.435. The molecule has 5 heteroatoms. The Hall–Kier alpha value is -2.37. The Balaban J connectivity index is 1.62. The zero-order chi connectivity index (χ0) is 19.8. The third kappa shape index (κ3) is 6.08. The minimum Gasteiger partial charge on any atom is -0.393 e. The highest BCUT2D eigenvalue weighted by molar-refractivity contribution is 5.79. The molecule has 5 nitrogen and oxygen atoms in total. The van der Waals surface area contributed by atoms with Crippen molar-refractivity contribution in [2.75, 3.05) is 27.2 Å². The van der Waals surface area contributed by atoms with Gasteiger partial charge in [0.1, 0.15) is 0 Å². The fourth-order valence-corrected chi connectivity index (χ4v) is 3.48. The number of rotatable bonds is 6. The van der Waals surface area contributed by atoms with Crippen molar-refractivity contribution in [2.45, 2.75) is 38.6 Å². The molecule has 0 spiro atoms. The normalized spacial score (nSPS) is 16.2. The first-order valence-electron chi connectivity index (χ1n) is 10.1. The number of nitrogens with zero attached hydrogens (tertiary/aromatic N) is 3. The molecule has 0 unspecified atom stereocenters. The van der Waals surface area contributed by atoms with Crippen molar-refractivity contribution in [2.24, 2.45) is 4.99 Å². The first kappa shape index (κ1) is 20.4. The van der Waals surface area contributed by atoms with Crippen molar-refractivity contribution in [3.05, 3.63) is 71.3 Å². The van der Waals surface area contributed by atoms with Crippen molar-refractivity contribution < 1.29 is 5.11 Å². The lowest BCUT2D eigenvalue weighted by Crippen LogP contribution is -2.37. The summed E-state index contributed by atoms with van der Waals surface area (Å²) in [4.78, 5) is 9.21. The van der Waals surface area contributed by atoms with Crippen molar-refractivity contribution in [3.63, 3.8) is 0 Å². The minimum atomic E-state index is -0.128. The van der Waals surface area contributed by atoms with Gasteiger partial charge in [-0.3, -0.25) is 4.90 Å². The van der Waals surface area contributed by atoms with Gasteiger partial charge in [-0.2, -0.15) is 0 Å². The maximum absolute atomic E-state index is 9.72. The van der Waals surface area contributed by atoms with Gasteiger partial charge in [0.2, 0.25) is 0 Å². The zero-order valence-electron chi connectivity index (χ0n) is 17.0. The van der Waals surface area contributed by atoms with E-state index in [2.05, 4.69) is 46.6 Å². The van der Waals surface area contributed by atoms with Crippen molar-refractivity contribution in [1.29, 1.82) is 0 Å². The van der Waals surface area contributed by atoms with Crippen LogP contribution in [0.15, 0.2) is 59.6 Å². The topological polar surface area (TPSA) is 51.1 Å². The molecule has 0 atom stereocenters. The number of aliphatic imine (C=N–C) groups is 1. The predicted molar refractivity (Wildman–Crippen MR) is 115 cm³/mol. The van der Waals surface area contributed by atoms with Crippen molar-refractivity contribution in [1.82, 2.24) is 15.1 Å². The second-order valence-corrected chi connectivity index (χ2v) is 7.65. The number of piperidine rings is 1. The molecular weight excluding hydrogens is 348 g/mol. The quantitative estimate of drug-likeness (QED) is 0.598. The van der Waals surface area contributed by atoms with Gasteiger partial charge in [0.15, 0.2) is 5.96 Å². The first-order valence-corrected chi connectivity index (χ1v) is 10.1. The number of aliphatic hydroxyl groups is 1. The van der Waals surface area contributed by atoms with Crippen LogP contribution in [0.5, 0.6) is 0 Å². The summed E-state index contributed by atoms with van der Waals surface area (Å²) in [6, 6.07) is 18.9. The van der Waals surface area contributed by atoms with E-state index in [0.717, 1.165) is 45.0 Å². The van der Waals surface area contributed by atoms with Crippen LogP contribution in [-0.4, -0.2) is 54.2 Å². The summed E-state index contributed by atoms with van der Waals surface area (Å²) < 4.78 is 0. The van der Waals surface area contributed by atoms with E-state index < -0.39 is 0 Å². The smallest absolute Gasteiger partial charge is 0.194 e. The molecule has 28 heavy (non-hydrogen) atoms. The van der Waals surface area contributed by atoms with Gasteiger partial charge in [-0.25, -0.2) is 4.99 Å². The summed E-state index contributed by atoms with van der Waals surface area (Å²) in [5.41, 5.74) is 3.84. The molecule has 1 heterocycles. The van der Waals surface area contributed by atoms with E-state index in [1.54, 1.807) is 0 Å². The standard InChI is InChI=1S/C23H32N4O/c1-26(2)23(24-16-19-8-4-3-5-9-19)25-17-20-10-6-7-11-21(20)18-27-14-12-22(28)13-15-27/h3-11,22,28H,12-18H2,1-2H3,(H,24,25). The van der Waals surface area contributed by atoms with Crippen LogP contribution >= 0.6 is 0 Å². The van der Waals surface area contributed by atoms with Gasteiger partial charge in [-0.05, 0) is 29.5 Å². The number of likely N-dealkylation sites (tertiary alicyclic amines) is 1. The van der Waals surface area contributed by atoms with Gasteiger partial charge >= 0.3 is 0 Å². The van der Waals surface area contributed by atoms with Crippen LogP contribution in [0.1, 0.15) is 29.5 Å². The Morgan fingerprint density at radius 3 is 2.36 bits per heavy atom. The molecule has 0 bridgehead atoms. The van der Waals surface area contributed by atoms with E-state index in [-0.39, 0.29) is 6.10 Å². The van der Waals surface area contributed by atoms with Crippen LogP contribution < -0.4 is 5.32 Å². The van der Waals surface area contributed by atoms with E-state index in [0.29, 0.717) is 6.54 Å². The Kier molecular flexibility index (Phi) is 7.46. The highest BCUT2D eigenvalue weighted by Crippen LogP contribution is 2.16. The molecule has 0 aromatic heterocycles. The molecule has 0 radical (unpaired) electrons. The van der Waals surface area contributed by atoms with E-state index >= 15 is 0 Å². The Morgan fingerprint density at radius 1 is 1.04 bits per heavy atom. The van der Waals surface area contributed by atoms with Crippen LogP contribution in [0.25, 0.3) is 0 Å². The maximum Gasteiger partial charge on any atom is 0.194 e. The zero-order valence-corrected chi connectivity index (χ0v) is 17.0. The number of hydrogen-bond donors (Lipinski definition) is 2. The summed E-state index contributed by atoms with van der Waals surface area (Å²) in [6.07, 6.45) is 1.62. The highest BCUT2D eigenvalue weighted by atomic mass is 16.3. The van der Waals surface area contributed by atoms with Gasteiger partial charge < -0.3 is 15.3 Å². The summed E-state index contributed by atoms with van der Waals surface area (Å²) in [5.74, 6) is 0.889. The first-order chi connectivity index (χ1) is 13.6. The molecule has 150 valence electrons. The predicted octanol–water partition coefficient (Wildman–Crippen LogP) is 2.85. The molecule has 2 N–H and O–H groups in total. The molecule has 1 saturated heterocycles. The molecule has 0 saturated carbocycles. The second kappa shape index (κ2) is 10.2. The largest absolute Gasteiger partial charge is 0.393 e. The number of nitrogens with one attached hydrogen (secondary N) is 1. The van der Waals surface area contributed by atoms with Crippen LogP contribution in [0, 0.1) is 0 Å². The van der Waals surface area contributed by atoms with Gasteiger partial charge in [0.25, 0.3) is 0 Å². The summed E-state index contributed by atoms with van der Waals surface area (Å²) in [6.45, 7) is 4.27. The highest BCUT2D eigenvalue weighted by Gasteiger charge is 2.17. The molecule has 2 aromatic rings. The molecular formula is C23H32N4O. The Labute approximate surface area is 168 Å². The monoisotopic (exact) mass is 380 g/mol. The minimum absolute atomic E-state index is 0.128. The lowest BCUT2D eigenvalue weighted by atomic mass is 10.0. The summed E-state index contributed by atoms with van der Waals surface area (Å²) in [5, 5.41) is 13.2. The van der Waals surface area contributed by atoms with Crippen LogP contribution in [-0.2, 0) is 19.6 Å². The van der Waals surface area contributed by atoms with Crippen LogP contribution in [0.4, 0.5) is 0 Å². The Bertz CT molecular complexity index is 752. The molecule has 0 aliphatic carbocycles. The lowest BCUT2D eigenvalue weighted by molar-refractivity contribution is 0.0791. The molecule has 1 fully saturated rings.